The highest BCUT2D eigenvalue weighted by molar-refractivity contribution is 5.92. The Bertz CT molecular complexity index is 1240. The molecular weight excluding hydrogens is 394 g/mol. The van der Waals surface area contributed by atoms with Crippen LogP contribution in [0.5, 0.6) is 11.5 Å². The molecule has 1 fully saturated rings. The molecule has 1 heterocycles. The van der Waals surface area contributed by atoms with Gasteiger partial charge in [-0.05, 0) is 83.8 Å². The molecule has 32 heavy (non-hydrogen) atoms. The number of ether oxygens (including phenoxy) is 2. The molecule has 0 N–H and O–H groups in total. The third-order valence-electron chi connectivity index (χ3n) is 6.48. The van der Waals surface area contributed by atoms with Gasteiger partial charge in [0.1, 0.15) is 0 Å². The molecule has 0 spiro atoms. The van der Waals surface area contributed by atoms with Crippen LogP contribution in [-0.4, -0.2) is 18.2 Å². The number of nitrogens with zero attached hydrogens (tertiary/aromatic N) is 1. The Morgan fingerprint density at radius 3 is 2.38 bits per heavy atom. The number of methoxy groups -OCH3 is 1. The van der Waals surface area contributed by atoms with Crippen molar-refractivity contribution in [3.63, 3.8) is 0 Å². The minimum Gasteiger partial charge on any atom is -0.493 e. The van der Waals surface area contributed by atoms with Gasteiger partial charge in [-0.3, -0.25) is 4.98 Å². The average molecular weight is 424 g/mol. The predicted octanol–water partition coefficient (Wildman–Crippen LogP) is 7.46. The Morgan fingerprint density at radius 1 is 0.812 bits per heavy atom. The van der Waals surface area contributed by atoms with Gasteiger partial charge in [0.05, 0.1) is 13.2 Å². The van der Waals surface area contributed by atoms with Crippen molar-refractivity contribution < 1.29 is 9.47 Å². The fourth-order valence-corrected chi connectivity index (χ4v) is 4.78. The highest BCUT2D eigenvalue weighted by Crippen LogP contribution is 2.43. The number of aromatic nitrogens is 1. The molecule has 0 radical (unpaired) electrons. The van der Waals surface area contributed by atoms with Gasteiger partial charge in [0, 0.05) is 17.5 Å². The lowest BCUT2D eigenvalue weighted by Gasteiger charge is -2.20. The topological polar surface area (TPSA) is 31.4 Å². The van der Waals surface area contributed by atoms with E-state index in [0.29, 0.717) is 0 Å². The zero-order chi connectivity index (χ0) is 21.9. The van der Waals surface area contributed by atoms with E-state index in [4.69, 9.17) is 9.47 Å². The smallest absolute Gasteiger partial charge is 0.162 e. The standard InChI is InChI=1S/C29H29NO2/c1-3-27-24(13-8-16-30-27)26-19-29(32-23-11-6-7-12-23)28(31-2)18-25(26)22-15-14-20-9-4-5-10-21(20)17-22/h4-5,8-10,13-19,23H,3,6-7,11-12H2,1-2H3. The summed E-state index contributed by atoms with van der Waals surface area (Å²) < 4.78 is 12.3. The lowest BCUT2D eigenvalue weighted by molar-refractivity contribution is 0.201. The molecule has 5 rings (SSSR count). The monoisotopic (exact) mass is 423 g/mol. The number of rotatable bonds is 6. The van der Waals surface area contributed by atoms with E-state index < -0.39 is 0 Å². The molecule has 0 bridgehead atoms. The Hall–Kier alpha value is -3.33. The van der Waals surface area contributed by atoms with Gasteiger partial charge in [-0.1, -0.05) is 49.4 Å². The first-order valence-corrected chi connectivity index (χ1v) is 11.6. The minimum atomic E-state index is 0.266. The van der Waals surface area contributed by atoms with Crippen molar-refractivity contribution in [1.82, 2.24) is 4.98 Å². The second-order valence-corrected chi connectivity index (χ2v) is 8.49. The van der Waals surface area contributed by atoms with Crippen LogP contribution in [-0.2, 0) is 6.42 Å². The number of pyridine rings is 1. The molecule has 0 saturated heterocycles. The van der Waals surface area contributed by atoms with Gasteiger partial charge in [-0.15, -0.1) is 0 Å². The third kappa shape index (κ3) is 3.95. The molecule has 1 saturated carbocycles. The van der Waals surface area contributed by atoms with Crippen LogP contribution < -0.4 is 9.47 Å². The zero-order valence-electron chi connectivity index (χ0n) is 18.8. The maximum absolute atomic E-state index is 6.45. The molecule has 0 amide bonds. The van der Waals surface area contributed by atoms with E-state index in [1.165, 1.54) is 23.6 Å². The number of benzene rings is 3. The number of fused-ring (bicyclic) bond motifs is 1. The van der Waals surface area contributed by atoms with Crippen LogP contribution in [0.1, 0.15) is 38.3 Å². The maximum atomic E-state index is 6.45. The lowest BCUT2D eigenvalue weighted by atomic mass is 9.91. The Kier molecular flexibility index (Phi) is 5.81. The first-order valence-electron chi connectivity index (χ1n) is 11.6. The summed E-state index contributed by atoms with van der Waals surface area (Å²) in [6.07, 6.45) is 7.70. The second kappa shape index (κ2) is 9.04. The maximum Gasteiger partial charge on any atom is 0.162 e. The molecular formula is C29H29NO2. The predicted molar refractivity (Wildman–Crippen MR) is 131 cm³/mol. The first-order chi connectivity index (χ1) is 15.8. The van der Waals surface area contributed by atoms with Gasteiger partial charge < -0.3 is 9.47 Å². The number of hydrogen-bond acceptors (Lipinski definition) is 3. The summed E-state index contributed by atoms with van der Waals surface area (Å²) in [7, 11) is 1.72. The fraction of sp³-hybridized carbons (Fsp3) is 0.276. The van der Waals surface area contributed by atoms with Gasteiger partial charge in [0.15, 0.2) is 11.5 Å². The highest BCUT2D eigenvalue weighted by Gasteiger charge is 2.22. The number of hydrogen-bond donors (Lipinski definition) is 0. The summed E-state index contributed by atoms with van der Waals surface area (Å²) in [5.74, 6) is 1.61. The highest BCUT2D eigenvalue weighted by atomic mass is 16.5. The van der Waals surface area contributed by atoms with Crippen LogP contribution in [0, 0.1) is 0 Å². The van der Waals surface area contributed by atoms with E-state index in [1.54, 1.807) is 7.11 Å². The van der Waals surface area contributed by atoms with Crippen LogP contribution in [0.4, 0.5) is 0 Å². The quantitative estimate of drug-likeness (QED) is 0.322. The normalized spacial score (nSPS) is 14.1. The summed E-state index contributed by atoms with van der Waals surface area (Å²) in [6.45, 7) is 2.15. The van der Waals surface area contributed by atoms with Gasteiger partial charge >= 0.3 is 0 Å². The minimum absolute atomic E-state index is 0.266. The van der Waals surface area contributed by atoms with E-state index >= 15 is 0 Å². The van der Waals surface area contributed by atoms with Crippen molar-refractivity contribution in [2.75, 3.05) is 7.11 Å². The molecule has 4 aromatic rings. The van der Waals surface area contributed by atoms with Crippen LogP contribution >= 0.6 is 0 Å². The zero-order valence-corrected chi connectivity index (χ0v) is 18.8. The Morgan fingerprint density at radius 2 is 1.59 bits per heavy atom. The Labute approximate surface area is 190 Å². The van der Waals surface area contributed by atoms with Crippen molar-refractivity contribution in [2.24, 2.45) is 0 Å². The van der Waals surface area contributed by atoms with Gasteiger partial charge in [0.25, 0.3) is 0 Å². The lowest BCUT2D eigenvalue weighted by Crippen LogP contribution is -2.12. The van der Waals surface area contributed by atoms with Crippen LogP contribution in [0.25, 0.3) is 33.0 Å². The molecule has 3 aromatic carbocycles. The van der Waals surface area contributed by atoms with E-state index in [9.17, 15) is 0 Å². The molecule has 1 aliphatic rings. The van der Waals surface area contributed by atoms with Crippen molar-refractivity contribution in [3.8, 4) is 33.8 Å². The summed E-state index contributed by atoms with van der Waals surface area (Å²) in [4.78, 5) is 4.66. The molecule has 0 atom stereocenters. The van der Waals surface area contributed by atoms with E-state index in [-0.39, 0.29) is 6.10 Å². The molecule has 3 nitrogen and oxygen atoms in total. The van der Waals surface area contributed by atoms with E-state index in [1.807, 2.05) is 12.3 Å². The van der Waals surface area contributed by atoms with Crippen LogP contribution in [0.3, 0.4) is 0 Å². The summed E-state index contributed by atoms with van der Waals surface area (Å²) >= 11 is 0. The summed E-state index contributed by atoms with van der Waals surface area (Å²) in [5.41, 5.74) is 5.67. The van der Waals surface area contributed by atoms with E-state index in [0.717, 1.165) is 58.7 Å². The first kappa shape index (κ1) is 20.6. The molecule has 0 aliphatic heterocycles. The largest absolute Gasteiger partial charge is 0.493 e. The second-order valence-electron chi connectivity index (χ2n) is 8.49. The fourth-order valence-electron chi connectivity index (χ4n) is 4.78. The van der Waals surface area contributed by atoms with Gasteiger partial charge in [-0.2, -0.15) is 0 Å². The SMILES string of the molecule is CCc1ncccc1-c1cc(OC2CCCC2)c(OC)cc1-c1ccc2ccccc2c1. The Balaban J connectivity index is 1.71. The van der Waals surface area contributed by atoms with Crippen molar-refractivity contribution in [3.05, 3.63) is 78.6 Å². The summed E-state index contributed by atoms with van der Waals surface area (Å²) in [5, 5.41) is 2.46. The van der Waals surface area contributed by atoms with Gasteiger partial charge in [-0.25, -0.2) is 0 Å². The summed E-state index contributed by atoms with van der Waals surface area (Å²) in [6, 6.07) is 23.6. The molecule has 1 aliphatic carbocycles. The van der Waals surface area contributed by atoms with Crippen molar-refractivity contribution >= 4 is 10.8 Å². The third-order valence-corrected chi connectivity index (χ3v) is 6.48. The van der Waals surface area contributed by atoms with Crippen molar-refractivity contribution in [2.45, 2.75) is 45.1 Å². The average Bonchev–Trinajstić information content (AvgIpc) is 3.36. The molecule has 162 valence electrons. The van der Waals surface area contributed by atoms with Crippen molar-refractivity contribution in [1.29, 1.82) is 0 Å². The van der Waals surface area contributed by atoms with Crippen LogP contribution in [0.2, 0.25) is 0 Å². The number of aryl methyl sites for hydroxylation is 1. The molecule has 0 unspecified atom stereocenters. The molecule has 3 heteroatoms. The molecule has 1 aromatic heterocycles. The van der Waals surface area contributed by atoms with Gasteiger partial charge in [0.2, 0.25) is 0 Å². The van der Waals surface area contributed by atoms with Crippen LogP contribution in [0.15, 0.2) is 72.9 Å². The van der Waals surface area contributed by atoms with E-state index in [2.05, 4.69) is 72.6 Å².